The van der Waals surface area contributed by atoms with Crippen LogP contribution in [0.25, 0.3) is 0 Å². The van der Waals surface area contributed by atoms with Crippen molar-refractivity contribution in [2.75, 3.05) is 19.8 Å². The summed E-state index contributed by atoms with van der Waals surface area (Å²) < 4.78 is 5.36. The number of ether oxygens (including phenoxy) is 1. The molecule has 0 aromatic rings. The summed E-state index contributed by atoms with van der Waals surface area (Å²) in [6.45, 7) is 5.56. The molecule has 2 heteroatoms. The van der Waals surface area contributed by atoms with Gasteiger partial charge in [-0.15, -0.1) is 0 Å². The lowest BCUT2D eigenvalue weighted by molar-refractivity contribution is 0.0747. The SMILES string of the molecule is CC1(CNC2CCOCC2)CCCC1. The molecule has 1 saturated carbocycles. The van der Waals surface area contributed by atoms with E-state index in [9.17, 15) is 0 Å². The second-order valence-electron chi connectivity index (χ2n) is 5.29. The van der Waals surface area contributed by atoms with Crippen LogP contribution in [0.1, 0.15) is 45.4 Å². The van der Waals surface area contributed by atoms with E-state index in [2.05, 4.69) is 12.2 Å². The van der Waals surface area contributed by atoms with E-state index in [-0.39, 0.29) is 0 Å². The maximum absolute atomic E-state index is 5.36. The largest absolute Gasteiger partial charge is 0.381 e. The highest BCUT2D eigenvalue weighted by molar-refractivity contribution is 4.84. The zero-order valence-electron chi connectivity index (χ0n) is 9.35. The first-order chi connectivity index (χ1) is 6.79. The molecule has 0 radical (unpaired) electrons. The Kier molecular flexibility index (Phi) is 3.45. The zero-order chi connectivity index (χ0) is 9.86. The maximum Gasteiger partial charge on any atom is 0.0480 e. The Morgan fingerprint density at radius 3 is 2.50 bits per heavy atom. The van der Waals surface area contributed by atoms with E-state index in [1.807, 2.05) is 0 Å². The van der Waals surface area contributed by atoms with Crippen molar-refractivity contribution in [3.63, 3.8) is 0 Å². The number of hydrogen-bond donors (Lipinski definition) is 1. The minimum absolute atomic E-state index is 0.596. The molecule has 2 fully saturated rings. The van der Waals surface area contributed by atoms with Gasteiger partial charge in [0.05, 0.1) is 0 Å². The molecule has 0 bridgehead atoms. The van der Waals surface area contributed by atoms with Crippen molar-refractivity contribution in [2.45, 2.75) is 51.5 Å². The van der Waals surface area contributed by atoms with Crippen LogP contribution in [0.15, 0.2) is 0 Å². The topological polar surface area (TPSA) is 21.3 Å². The van der Waals surface area contributed by atoms with Gasteiger partial charge in [0.15, 0.2) is 0 Å². The minimum atomic E-state index is 0.596. The summed E-state index contributed by atoms with van der Waals surface area (Å²) in [5.74, 6) is 0. The summed E-state index contributed by atoms with van der Waals surface area (Å²) in [6.07, 6.45) is 8.12. The monoisotopic (exact) mass is 197 g/mol. The first-order valence-corrected chi connectivity index (χ1v) is 6.10. The highest BCUT2D eigenvalue weighted by atomic mass is 16.5. The fourth-order valence-corrected chi connectivity index (χ4v) is 2.70. The van der Waals surface area contributed by atoms with Crippen molar-refractivity contribution >= 4 is 0 Å². The van der Waals surface area contributed by atoms with E-state index in [0.717, 1.165) is 19.3 Å². The van der Waals surface area contributed by atoms with Crippen molar-refractivity contribution in [1.29, 1.82) is 0 Å². The second kappa shape index (κ2) is 4.63. The summed E-state index contributed by atoms with van der Waals surface area (Å²) >= 11 is 0. The maximum atomic E-state index is 5.36. The molecular formula is C12H23NO. The van der Waals surface area contributed by atoms with Crippen LogP contribution in [0.5, 0.6) is 0 Å². The van der Waals surface area contributed by atoms with Gasteiger partial charge in [-0.3, -0.25) is 0 Å². The average Bonchev–Trinajstić information content (AvgIpc) is 2.65. The Morgan fingerprint density at radius 2 is 1.86 bits per heavy atom. The van der Waals surface area contributed by atoms with E-state index >= 15 is 0 Å². The lowest BCUT2D eigenvalue weighted by atomic mass is 9.88. The Hall–Kier alpha value is -0.0800. The van der Waals surface area contributed by atoms with Crippen LogP contribution in [0.2, 0.25) is 0 Å². The van der Waals surface area contributed by atoms with Crippen molar-refractivity contribution in [3.05, 3.63) is 0 Å². The Bertz CT molecular complexity index is 169. The molecule has 82 valence electrons. The van der Waals surface area contributed by atoms with Crippen molar-refractivity contribution in [3.8, 4) is 0 Å². The van der Waals surface area contributed by atoms with Gasteiger partial charge in [-0.1, -0.05) is 19.8 Å². The third kappa shape index (κ3) is 2.71. The lowest BCUT2D eigenvalue weighted by Gasteiger charge is -2.29. The molecule has 1 saturated heterocycles. The van der Waals surface area contributed by atoms with E-state index < -0.39 is 0 Å². The van der Waals surface area contributed by atoms with Crippen LogP contribution in [0, 0.1) is 5.41 Å². The van der Waals surface area contributed by atoms with Gasteiger partial charge < -0.3 is 10.1 Å². The van der Waals surface area contributed by atoms with Crippen LogP contribution in [-0.4, -0.2) is 25.8 Å². The van der Waals surface area contributed by atoms with Gasteiger partial charge in [-0.25, -0.2) is 0 Å². The van der Waals surface area contributed by atoms with Gasteiger partial charge in [0.25, 0.3) is 0 Å². The van der Waals surface area contributed by atoms with Gasteiger partial charge in [-0.2, -0.15) is 0 Å². The number of hydrogen-bond acceptors (Lipinski definition) is 2. The van der Waals surface area contributed by atoms with Crippen LogP contribution in [-0.2, 0) is 4.74 Å². The van der Waals surface area contributed by atoms with Gasteiger partial charge in [0.1, 0.15) is 0 Å². The average molecular weight is 197 g/mol. The van der Waals surface area contributed by atoms with Gasteiger partial charge in [0.2, 0.25) is 0 Å². The first kappa shape index (κ1) is 10.4. The molecule has 1 N–H and O–H groups in total. The zero-order valence-corrected chi connectivity index (χ0v) is 9.35. The molecule has 1 aliphatic carbocycles. The molecule has 14 heavy (non-hydrogen) atoms. The summed E-state index contributed by atoms with van der Waals surface area (Å²) in [4.78, 5) is 0. The molecule has 0 unspecified atom stereocenters. The molecule has 0 aromatic heterocycles. The molecule has 2 nitrogen and oxygen atoms in total. The molecule has 0 atom stereocenters. The fraction of sp³-hybridized carbons (Fsp3) is 1.00. The predicted octanol–water partition coefficient (Wildman–Crippen LogP) is 2.34. The number of rotatable bonds is 3. The highest BCUT2D eigenvalue weighted by Crippen LogP contribution is 2.36. The van der Waals surface area contributed by atoms with Crippen LogP contribution < -0.4 is 5.32 Å². The smallest absolute Gasteiger partial charge is 0.0480 e. The van der Waals surface area contributed by atoms with E-state index in [0.29, 0.717) is 5.41 Å². The van der Waals surface area contributed by atoms with Gasteiger partial charge in [0, 0.05) is 25.8 Å². The molecule has 0 amide bonds. The molecule has 1 aliphatic heterocycles. The second-order valence-corrected chi connectivity index (χ2v) is 5.29. The Balaban J connectivity index is 1.70. The van der Waals surface area contributed by atoms with Crippen LogP contribution in [0.4, 0.5) is 0 Å². The molecular weight excluding hydrogens is 174 g/mol. The predicted molar refractivity (Wildman–Crippen MR) is 58.4 cm³/mol. The summed E-state index contributed by atoms with van der Waals surface area (Å²) in [7, 11) is 0. The molecule has 0 aromatic carbocycles. The molecule has 2 rings (SSSR count). The van der Waals surface area contributed by atoms with E-state index in [1.54, 1.807) is 0 Å². The Labute approximate surface area is 87.4 Å². The van der Waals surface area contributed by atoms with E-state index in [4.69, 9.17) is 4.74 Å². The normalized spacial score (nSPS) is 28.1. The third-order valence-electron chi connectivity index (χ3n) is 3.85. The van der Waals surface area contributed by atoms with Crippen molar-refractivity contribution < 1.29 is 4.74 Å². The highest BCUT2D eigenvalue weighted by Gasteiger charge is 2.29. The van der Waals surface area contributed by atoms with Gasteiger partial charge >= 0.3 is 0 Å². The quantitative estimate of drug-likeness (QED) is 0.750. The third-order valence-corrected chi connectivity index (χ3v) is 3.85. The van der Waals surface area contributed by atoms with Gasteiger partial charge in [-0.05, 0) is 31.1 Å². The summed E-state index contributed by atoms with van der Waals surface area (Å²) in [5.41, 5.74) is 0.596. The summed E-state index contributed by atoms with van der Waals surface area (Å²) in [5, 5.41) is 3.72. The first-order valence-electron chi connectivity index (χ1n) is 6.10. The van der Waals surface area contributed by atoms with Crippen LogP contribution in [0.3, 0.4) is 0 Å². The number of nitrogens with one attached hydrogen (secondary N) is 1. The van der Waals surface area contributed by atoms with Crippen LogP contribution >= 0.6 is 0 Å². The van der Waals surface area contributed by atoms with Crippen molar-refractivity contribution in [1.82, 2.24) is 5.32 Å². The van der Waals surface area contributed by atoms with Crippen molar-refractivity contribution in [2.24, 2.45) is 5.41 Å². The molecule has 1 heterocycles. The van der Waals surface area contributed by atoms with E-state index in [1.165, 1.54) is 45.1 Å². The lowest BCUT2D eigenvalue weighted by Crippen LogP contribution is -2.40. The Morgan fingerprint density at radius 1 is 1.21 bits per heavy atom. The standard InChI is InChI=1S/C12H23NO/c1-12(6-2-3-7-12)10-13-11-4-8-14-9-5-11/h11,13H,2-10H2,1H3. The minimum Gasteiger partial charge on any atom is -0.381 e. The summed E-state index contributed by atoms with van der Waals surface area (Å²) in [6, 6.07) is 0.723. The fourth-order valence-electron chi connectivity index (χ4n) is 2.70. The molecule has 0 spiro atoms. The molecule has 2 aliphatic rings.